The van der Waals surface area contributed by atoms with Gasteiger partial charge in [0.15, 0.2) is 0 Å². The summed E-state index contributed by atoms with van der Waals surface area (Å²) in [5, 5.41) is 0.0855. The van der Waals surface area contributed by atoms with Gasteiger partial charge < -0.3 is 0 Å². The predicted octanol–water partition coefficient (Wildman–Crippen LogP) is 5.58. The van der Waals surface area contributed by atoms with Crippen LogP contribution in [0, 0.1) is 5.41 Å². The van der Waals surface area contributed by atoms with Crippen LogP contribution in [-0.2, 0) is 4.79 Å². The van der Waals surface area contributed by atoms with E-state index in [4.69, 9.17) is 0 Å². The molecule has 0 aromatic rings. The largest absolute Gasteiger partial charge is 0.298 e. The first-order chi connectivity index (χ1) is 9.32. The lowest BCUT2D eigenvalue weighted by Gasteiger charge is -2.28. The van der Waals surface area contributed by atoms with Gasteiger partial charge in [0.2, 0.25) is 0 Å². The molecule has 20 heavy (non-hydrogen) atoms. The SMILES string of the molecule is C=C/C=C(C)\C=C/CC(=O)C(SCCCC)C(C)(C)C. The molecule has 1 nitrogen and oxygen atoms in total. The Kier molecular flexibility index (Phi) is 9.66. The van der Waals surface area contributed by atoms with Crippen LogP contribution in [0.25, 0.3) is 0 Å². The number of carbonyl (C=O) groups excluding carboxylic acids is 1. The molecule has 0 heterocycles. The fourth-order valence-corrected chi connectivity index (χ4v) is 3.35. The Morgan fingerprint density at radius 1 is 1.35 bits per heavy atom. The molecule has 0 spiro atoms. The van der Waals surface area contributed by atoms with Gasteiger partial charge in [0.1, 0.15) is 5.78 Å². The van der Waals surface area contributed by atoms with Gasteiger partial charge in [-0.15, -0.1) is 0 Å². The molecule has 0 N–H and O–H groups in total. The predicted molar refractivity (Wildman–Crippen MR) is 93.3 cm³/mol. The quantitative estimate of drug-likeness (QED) is 0.408. The van der Waals surface area contributed by atoms with Crippen LogP contribution < -0.4 is 0 Å². The van der Waals surface area contributed by atoms with Gasteiger partial charge in [0.25, 0.3) is 0 Å². The van der Waals surface area contributed by atoms with Crippen molar-refractivity contribution in [2.75, 3.05) is 5.75 Å². The average molecular weight is 295 g/mol. The molecule has 114 valence electrons. The van der Waals surface area contributed by atoms with Crippen LogP contribution in [-0.4, -0.2) is 16.8 Å². The minimum atomic E-state index is 0.0231. The smallest absolute Gasteiger partial charge is 0.150 e. The zero-order valence-electron chi connectivity index (χ0n) is 13.7. The minimum Gasteiger partial charge on any atom is -0.298 e. The van der Waals surface area contributed by atoms with Crippen molar-refractivity contribution in [3.8, 4) is 0 Å². The van der Waals surface area contributed by atoms with Crippen LogP contribution in [0.2, 0.25) is 0 Å². The van der Waals surface area contributed by atoms with Gasteiger partial charge in [-0.25, -0.2) is 0 Å². The molecule has 0 amide bonds. The number of unbranched alkanes of at least 4 members (excludes halogenated alkanes) is 1. The van der Waals surface area contributed by atoms with Crippen molar-refractivity contribution in [1.29, 1.82) is 0 Å². The van der Waals surface area contributed by atoms with Crippen molar-refractivity contribution in [1.82, 2.24) is 0 Å². The Morgan fingerprint density at radius 3 is 2.50 bits per heavy atom. The van der Waals surface area contributed by atoms with Gasteiger partial charge in [-0.1, -0.05) is 70.6 Å². The summed E-state index contributed by atoms with van der Waals surface area (Å²) in [5.41, 5.74) is 1.15. The molecule has 0 rings (SSSR count). The highest BCUT2D eigenvalue weighted by Crippen LogP contribution is 2.32. The number of hydrogen-bond acceptors (Lipinski definition) is 2. The molecule has 0 saturated carbocycles. The van der Waals surface area contributed by atoms with Crippen LogP contribution in [0.5, 0.6) is 0 Å². The van der Waals surface area contributed by atoms with Gasteiger partial charge >= 0.3 is 0 Å². The zero-order chi connectivity index (χ0) is 15.6. The first-order valence-electron chi connectivity index (χ1n) is 7.43. The van der Waals surface area contributed by atoms with Gasteiger partial charge in [0.05, 0.1) is 5.25 Å². The molecule has 0 radical (unpaired) electrons. The summed E-state index contributed by atoms with van der Waals surface area (Å²) in [7, 11) is 0. The summed E-state index contributed by atoms with van der Waals surface area (Å²) < 4.78 is 0. The van der Waals surface area contributed by atoms with Crippen LogP contribution in [0.3, 0.4) is 0 Å². The Balaban J connectivity index is 4.56. The molecule has 0 aliphatic heterocycles. The van der Waals surface area contributed by atoms with E-state index < -0.39 is 0 Å². The molecule has 0 aromatic heterocycles. The number of hydrogen-bond donors (Lipinski definition) is 0. The highest BCUT2D eigenvalue weighted by molar-refractivity contribution is 8.00. The van der Waals surface area contributed by atoms with E-state index in [0.717, 1.165) is 11.3 Å². The molecule has 1 unspecified atom stereocenters. The zero-order valence-corrected chi connectivity index (χ0v) is 14.6. The lowest BCUT2D eigenvalue weighted by molar-refractivity contribution is -0.119. The molecular formula is C18H30OS. The summed E-state index contributed by atoms with van der Waals surface area (Å²) >= 11 is 1.82. The van der Waals surface area contributed by atoms with Crippen LogP contribution >= 0.6 is 11.8 Å². The number of ketones is 1. The summed E-state index contributed by atoms with van der Waals surface area (Å²) in [6.45, 7) is 14.3. The van der Waals surface area contributed by atoms with Gasteiger partial charge in [-0.3, -0.25) is 4.79 Å². The third-order valence-corrected chi connectivity index (χ3v) is 4.77. The van der Waals surface area contributed by atoms with E-state index in [-0.39, 0.29) is 10.7 Å². The Labute approximate surface area is 129 Å². The lowest BCUT2D eigenvalue weighted by atomic mass is 9.88. The van der Waals surface area contributed by atoms with Crippen LogP contribution in [0.1, 0.15) is 53.9 Å². The maximum absolute atomic E-state index is 12.4. The fraction of sp³-hybridized carbons (Fsp3) is 0.611. The summed E-state index contributed by atoms with van der Waals surface area (Å²) in [4.78, 5) is 12.4. The molecule has 0 saturated heterocycles. The third-order valence-electron chi connectivity index (χ3n) is 2.94. The summed E-state index contributed by atoms with van der Waals surface area (Å²) in [5.74, 6) is 1.41. The third kappa shape index (κ3) is 8.42. The average Bonchev–Trinajstić information content (AvgIpc) is 2.33. The van der Waals surface area contributed by atoms with E-state index in [2.05, 4.69) is 34.3 Å². The van der Waals surface area contributed by atoms with Crippen molar-refractivity contribution in [3.63, 3.8) is 0 Å². The normalized spacial score (nSPS) is 14.6. The second kappa shape index (κ2) is 10.0. The van der Waals surface area contributed by atoms with E-state index in [1.165, 1.54) is 12.8 Å². The van der Waals surface area contributed by atoms with Crippen molar-refractivity contribution in [2.45, 2.75) is 59.1 Å². The number of Topliss-reactive ketones (excluding diaryl/α,β-unsaturated/α-hetero) is 1. The Bertz CT molecular complexity index is 358. The highest BCUT2D eigenvalue weighted by atomic mass is 32.2. The number of rotatable bonds is 9. The van der Waals surface area contributed by atoms with Gasteiger partial charge in [-0.05, 0) is 24.5 Å². The first kappa shape index (κ1) is 19.2. The molecule has 0 bridgehead atoms. The molecule has 0 fully saturated rings. The van der Waals surface area contributed by atoms with Crippen LogP contribution in [0.15, 0.2) is 36.5 Å². The number of allylic oxidation sites excluding steroid dienone is 5. The topological polar surface area (TPSA) is 17.1 Å². The standard InChI is InChI=1S/C18H30OS/c1-7-9-14-20-17(18(4,5)6)16(19)13-10-12-15(3)11-8-2/h8,10-12,17H,2,7,9,13-14H2,1,3-6H3/b12-10-,15-11-. The Morgan fingerprint density at radius 2 is 2.00 bits per heavy atom. The molecule has 0 aliphatic carbocycles. The summed E-state index contributed by atoms with van der Waals surface area (Å²) in [6, 6.07) is 0. The molecule has 0 aliphatic rings. The number of carbonyl (C=O) groups is 1. The number of thioether (sulfide) groups is 1. The van der Waals surface area contributed by atoms with Crippen LogP contribution in [0.4, 0.5) is 0 Å². The van der Waals surface area contributed by atoms with E-state index in [1.54, 1.807) is 6.08 Å². The van der Waals surface area contributed by atoms with E-state index in [0.29, 0.717) is 12.2 Å². The van der Waals surface area contributed by atoms with Crippen molar-refractivity contribution in [3.05, 3.63) is 36.5 Å². The van der Waals surface area contributed by atoms with E-state index >= 15 is 0 Å². The second-order valence-electron chi connectivity index (χ2n) is 6.19. The molecular weight excluding hydrogens is 264 g/mol. The van der Waals surface area contributed by atoms with Gasteiger partial charge in [0, 0.05) is 6.42 Å². The van der Waals surface area contributed by atoms with Crippen molar-refractivity contribution >= 4 is 17.5 Å². The molecule has 1 atom stereocenters. The molecule has 0 aromatic carbocycles. The van der Waals surface area contributed by atoms with E-state index in [9.17, 15) is 4.79 Å². The maximum atomic E-state index is 12.4. The molecule has 2 heteroatoms. The van der Waals surface area contributed by atoms with Crippen molar-refractivity contribution < 1.29 is 4.79 Å². The minimum absolute atomic E-state index is 0.0231. The fourth-order valence-electron chi connectivity index (χ4n) is 1.88. The van der Waals surface area contributed by atoms with E-state index in [1.807, 2.05) is 36.9 Å². The highest BCUT2D eigenvalue weighted by Gasteiger charge is 2.30. The second-order valence-corrected chi connectivity index (χ2v) is 7.40. The van der Waals surface area contributed by atoms with Crippen molar-refractivity contribution in [2.24, 2.45) is 5.41 Å². The first-order valence-corrected chi connectivity index (χ1v) is 8.48. The maximum Gasteiger partial charge on any atom is 0.150 e. The van der Waals surface area contributed by atoms with Gasteiger partial charge in [-0.2, -0.15) is 11.8 Å². The monoisotopic (exact) mass is 294 g/mol. The Hall–Kier alpha value is -0.760. The summed E-state index contributed by atoms with van der Waals surface area (Å²) in [6.07, 6.45) is 10.6. The lowest BCUT2D eigenvalue weighted by Crippen LogP contribution is -2.31.